The lowest BCUT2D eigenvalue weighted by atomic mass is 10.1. The van der Waals surface area contributed by atoms with Crippen LogP contribution in [-0.4, -0.2) is 32.3 Å². The summed E-state index contributed by atoms with van der Waals surface area (Å²) in [6.07, 6.45) is 1.01. The van der Waals surface area contributed by atoms with Gasteiger partial charge in [-0.2, -0.15) is 0 Å². The fraction of sp³-hybridized carbons (Fsp3) is 0.235. The summed E-state index contributed by atoms with van der Waals surface area (Å²) in [5, 5.41) is 12.0. The molecular formula is C17H18ClFN2O4S. The number of amides is 1. The Balaban J connectivity index is 2.25. The average molecular weight is 401 g/mol. The first kappa shape index (κ1) is 20.2. The molecule has 0 saturated carbocycles. The predicted octanol–water partition coefficient (Wildman–Crippen LogP) is 2.62. The molecule has 2 aromatic rings. The van der Waals surface area contributed by atoms with Gasteiger partial charge in [0.15, 0.2) is 0 Å². The Kier molecular flexibility index (Phi) is 6.22. The third-order valence-corrected chi connectivity index (χ3v) is 4.53. The van der Waals surface area contributed by atoms with Crippen LogP contribution >= 0.6 is 11.6 Å². The molecule has 0 saturated heterocycles. The summed E-state index contributed by atoms with van der Waals surface area (Å²) in [7, 11) is -3.50. The molecular weight excluding hydrogens is 383 g/mol. The Labute approximate surface area is 156 Å². The molecule has 0 aliphatic carbocycles. The second-order valence-electron chi connectivity index (χ2n) is 5.79. The fourth-order valence-electron chi connectivity index (χ4n) is 2.28. The molecule has 2 rings (SSSR count). The van der Waals surface area contributed by atoms with Crippen molar-refractivity contribution in [2.24, 2.45) is 0 Å². The predicted molar refractivity (Wildman–Crippen MR) is 98.3 cm³/mol. The number of sulfonamides is 1. The molecule has 1 atom stereocenters. The molecule has 0 unspecified atom stereocenters. The quantitative estimate of drug-likeness (QED) is 0.694. The van der Waals surface area contributed by atoms with Gasteiger partial charge in [0.05, 0.1) is 29.6 Å². The number of hydrogen-bond acceptors (Lipinski definition) is 4. The van der Waals surface area contributed by atoms with Crippen LogP contribution in [0.3, 0.4) is 0 Å². The maximum Gasteiger partial charge on any atom is 0.251 e. The Hall–Kier alpha value is -2.16. The van der Waals surface area contributed by atoms with Crippen LogP contribution in [0.1, 0.15) is 27.5 Å². The maximum absolute atomic E-state index is 13.6. The molecule has 0 spiro atoms. The summed E-state index contributed by atoms with van der Waals surface area (Å²) >= 11 is 5.63. The standard InChI is InChI=1S/C17H18ClFN2O4S/c1-10-3-4-12(8-15(10)21-26(2,24)25)17(23)20-16(9-22)11-5-6-13(18)14(19)7-11/h3-8,16,21-22H,9H2,1-2H3,(H,20,23)/t16-/m1/s1. The number of aryl methyl sites for hydroxylation is 1. The van der Waals surface area contributed by atoms with Crippen LogP contribution in [0.2, 0.25) is 5.02 Å². The van der Waals surface area contributed by atoms with Crippen molar-refractivity contribution in [3.63, 3.8) is 0 Å². The van der Waals surface area contributed by atoms with E-state index in [0.29, 0.717) is 11.1 Å². The smallest absolute Gasteiger partial charge is 0.251 e. The topological polar surface area (TPSA) is 95.5 Å². The molecule has 2 aromatic carbocycles. The zero-order valence-corrected chi connectivity index (χ0v) is 15.7. The fourth-order valence-corrected chi connectivity index (χ4v) is 3.01. The third-order valence-electron chi connectivity index (χ3n) is 3.63. The highest BCUT2D eigenvalue weighted by Crippen LogP contribution is 2.22. The average Bonchev–Trinajstić information content (AvgIpc) is 2.55. The Morgan fingerprint density at radius 3 is 2.54 bits per heavy atom. The summed E-state index contributed by atoms with van der Waals surface area (Å²) < 4.78 is 38.8. The number of nitrogens with one attached hydrogen (secondary N) is 2. The van der Waals surface area contributed by atoms with Crippen molar-refractivity contribution < 1.29 is 22.7 Å². The van der Waals surface area contributed by atoms with E-state index >= 15 is 0 Å². The molecule has 0 aromatic heterocycles. The summed E-state index contributed by atoms with van der Waals surface area (Å²) in [4.78, 5) is 12.4. The van der Waals surface area contributed by atoms with E-state index in [2.05, 4.69) is 10.0 Å². The highest BCUT2D eigenvalue weighted by molar-refractivity contribution is 7.92. The van der Waals surface area contributed by atoms with Crippen molar-refractivity contribution in [1.82, 2.24) is 5.32 Å². The van der Waals surface area contributed by atoms with Crippen LogP contribution in [0.25, 0.3) is 0 Å². The van der Waals surface area contributed by atoms with Gasteiger partial charge in [0.25, 0.3) is 5.91 Å². The Morgan fingerprint density at radius 1 is 1.27 bits per heavy atom. The van der Waals surface area contributed by atoms with Crippen molar-refractivity contribution in [2.45, 2.75) is 13.0 Å². The van der Waals surface area contributed by atoms with E-state index in [4.69, 9.17) is 11.6 Å². The highest BCUT2D eigenvalue weighted by Gasteiger charge is 2.17. The van der Waals surface area contributed by atoms with Gasteiger partial charge in [-0.05, 0) is 42.3 Å². The highest BCUT2D eigenvalue weighted by atomic mass is 35.5. The molecule has 26 heavy (non-hydrogen) atoms. The summed E-state index contributed by atoms with van der Waals surface area (Å²) in [6, 6.07) is 7.63. The van der Waals surface area contributed by atoms with Crippen LogP contribution in [0.5, 0.6) is 0 Å². The van der Waals surface area contributed by atoms with Crippen molar-refractivity contribution in [3.05, 3.63) is 63.9 Å². The molecule has 6 nitrogen and oxygen atoms in total. The van der Waals surface area contributed by atoms with Gasteiger partial charge in [-0.15, -0.1) is 0 Å². The lowest BCUT2D eigenvalue weighted by Gasteiger charge is -2.18. The second-order valence-corrected chi connectivity index (χ2v) is 7.94. The number of anilines is 1. The molecule has 3 N–H and O–H groups in total. The van der Waals surface area contributed by atoms with Crippen LogP contribution < -0.4 is 10.0 Å². The number of hydrogen-bond donors (Lipinski definition) is 3. The molecule has 9 heteroatoms. The minimum atomic E-state index is -3.50. The van der Waals surface area contributed by atoms with E-state index in [-0.39, 0.29) is 16.3 Å². The first-order chi connectivity index (χ1) is 12.1. The Bertz CT molecular complexity index is 934. The molecule has 0 heterocycles. The molecule has 140 valence electrons. The largest absolute Gasteiger partial charge is 0.394 e. The molecule has 0 radical (unpaired) electrons. The zero-order valence-electron chi connectivity index (χ0n) is 14.1. The lowest BCUT2D eigenvalue weighted by Crippen LogP contribution is -2.31. The van der Waals surface area contributed by atoms with Gasteiger partial charge < -0.3 is 10.4 Å². The minimum Gasteiger partial charge on any atom is -0.394 e. The van der Waals surface area contributed by atoms with Crippen molar-refractivity contribution >= 4 is 33.2 Å². The van der Waals surface area contributed by atoms with Gasteiger partial charge in [0.2, 0.25) is 10.0 Å². The molecule has 0 aliphatic rings. The van der Waals surface area contributed by atoms with Gasteiger partial charge in [-0.1, -0.05) is 23.7 Å². The van der Waals surface area contributed by atoms with E-state index in [9.17, 15) is 22.7 Å². The summed E-state index contributed by atoms with van der Waals surface area (Å²) in [5.41, 5.74) is 1.46. The minimum absolute atomic E-state index is 0.0632. The zero-order chi connectivity index (χ0) is 19.5. The van der Waals surface area contributed by atoms with E-state index in [1.54, 1.807) is 13.0 Å². The van der Waals surface area contributed by atoms with E-state index in [0.717, 1.165) is 12.3 Å². The first-order valence-electron chi connectivity index (χ1n) is 7.56. The summed E-state index contributed by atoms with van der Waals surface area (Å²) in [5.74, 6) is -1.21. The number of rotatable bonds is 6. The van der Waals surface area contributed by atoms with Crippen LogP contribution in [0, 0.1) is 12.7 Å². The van der Waals surface area contributed by atoms with Crippen molar-refractivity contribution in [1.29, 1.82) is 0 Å². The number of benzene rings is 2. The van der Waals surface area contributed by atoms with Gasteiger partial charge in [-0.3, -0.25) is 9.52 Å². The van der Waals surface area contributed by atoms with Gasteiger partial charge in [0.1, 0.15) is 5.82 Å². The van der Waals surface area contributed by atoms with Crippen LogP contribution in [-0.2, 0) is 10.0 Å². The summed E-state index contributed by atoms with van der Waals surface area (Å²) in [6.45, 7) is 1.25. The van der Waals surface area contributed by atoms with E-state index in [1.807, 2.05) is 0 Å². The normalized spacial score (nSPS) is 12.5. The van der Waals surface area contributed by atoms with Crippen molar-refractivity contribution in [2.75, 3.05) is 17.6 Å². The van der Waals surface area contributed by atoms with Crippen LogP contribution in [0.15, 0.2) is 36.4 Å². The lowest BCUT2D eigenvalue weighted by molar-refractivity contribution is 0.0916. The molecule has 1 amide bonds. The monoisotopic (exact) mass is 400 g/mol. The van der Waals surface area contributed by atoms with Gasteiger partial charge in [-0.25, -0.2) is 12.8 Å². The second kappa shape index (κ2) is 8.03. The number of carbonyl (C=O) groups is 1. The SMILES string of the molecule is Cc1ccc(C(=O)N[C@H](CO)c2ccc(Cl)c(F)c2)cc1NS(C)(=O)=O. The molecule has 0 aliphatic heterocycles. The number of halogens is 2. The number of aliphatic hydroxyl groups is 1. The number of carbonyl (C=O) groups excluding carboxylic acids is 1. The van der Waals surface area contributed by atoms with E-state index in [1.165, 1.54) is 24.3 Å². The first-order valence-corrected chi connectivity index (χ1v) is 9.83. The molecule has 0 bridgehead atoms. The van der Waals surface area contributed by atoms with Gasteiger partial charge in [0, 0.05) is 5.56 Å². The van der Waals surface area contributed by atoms with Gasteiger partial charge >= 0.3 is 0 Å². The maximum atomic E-state index is 13.6. The van der Waals surface area contributed by atoms with E-state index < -0.39 is 34.4 Å². The Morgan fingerprint density at radius 2 is 1.96 bits per heavy atom. The molecule has 0 fully saturated rings. The number of aliphatic hydroxyl groups excluding tert-OH is 1. The van der Waals surface area contributed by atoms with Crippen LogP contribution in [0.4, 0.5) is 10.1 Å². The third kappa shape index (κ3) is 5.17. The van der Waals surface area contributed by atoms with Crippen molar-refractivity contribution in [3.8, 4) is 0 Å².